The molecule has 0 aromatic heterocycles. The molecule has 0 radical (unpaired) electrons. The number of benzene rings is 1. The maximum absolute atomic E-state index is 11.8. The second-order valence-electron chi connectivity index (χ2n) is 5.85. The van der Waals surface area contributed by atoms with Crippen molar-refractivity contribution in [2.45, 2.75) is 57.5 Å². The van der Waals surface area contributed by atoms with Crippen molar-refractivity contribution in [2.75, 3.05) is 0 Å². The molecule has 2 rings (SSSR count). The van der Waals surface area contributed by atoms with E-state index in [9.17, 15) is 9.59 Å². The summed E-state index contributed by atoms with van der Waals surface area (Å²) < 4.78 is 0. The number of aryl methyl sites for hydroxylation is 1. The summed E-state index contributed by atoms with van der Waals surface area (Å²) in [7, 11) is 0. The highest BCUT2D eigenvalue weighted by atomic mass is 16.2. The summed E-state index contributed by atoms with van der Waals surface area (Å²) in [6.07, 6.45) is 5.98. The third-order valence-electron chi connectivity index (χ3n) is 3.98. The monoisotopic (exact) mass is 288 g/mol. The summed E-state index contributed by atoms with van der Waals surface area (Å²) in [5.74, 6) is -1.00. The predicted octanol–water partition coefficient (Wildman–Crippen LogP) is 2.18. The maximum atomic E-state index is 11.8. The van der Waals surface area contributed by atoms with Gasteiger partial charge in [0.05, 0.1) is 0 Å². The van der Waals surface area contributed by atoms with E-state index in [0.717, 1.165) is 38.5 Å². The fourth-order valence-electron chi connectivity index (χ4n) is 2.71. The molecule has 2 amide bonds. The van der Waals surface area contributed by atoms with Crippen LogP contribution in [0, 0.1) is 0 Å². The average molecular weight is 288 g/mol. The Morgan fingerprint density at radius 1 is 1.14 bits per heavy atom. The molecule has 0 bridgehead atoms. The van der Waals surface area contributed by atoms with Crippen molar-refractivity contribution in [1.29, 1.82) is 0 Å². The van der Waals surface area contributed by atoms with Crippen LogP contribution in [0.25, 0.3) is 0 Å². The van der Waals surface area contributed by atoms with Crippen molar-refractivity contribution in [2.24, 2.45) is 0 Å². The molecule has 1 atom stereocenters. The molecule has 1 saturated carbocycles. The van der Waals surface area contributed by atoms with E-state index in [0.29, 0.717) is 0 Å². The maximum Gasteiger partial charge on any atom is 0.309 e. The van der Waals surface area contributed by atoms with Crippen LogP contribution >= 0.6 is 0 Å². The molecule has 0 heterocycles. The van der Waals surface area contributed by atoms with E-state index in [2.05, 4.69) is 22.8 Å². The number of nitrogens with one attached hydrogen (secondary N) is 2. The number of carbonyl (C=O) groups excluding carboxylic acids is 2. The number of rotatable bonds is 5. The first-order chi connectivity index (χ1) is 10.1. The summed E-state index contributed by atoms with van der Waals surface area (Å²) in [6, 6.07) is 10.3. The van der Waals surface area contributed by atoms with E-state index < -0.39 is 11.8 Å². The first-order valence-corrected chi connectivity index (χ1v) is 7.80. The van der Waals surface area contributed by atoms with E-state index in [4.69, 9.17) is 0 Å². The normalized spacial score (nSPS) is 16.4. The lowest BCUT2D eigenvalue weighted by Crippen LogP contribution is -2.46. The molecule has 0 saturated heterocycles. The third kappa shape index (κ3) is 5.21. The van der Waals surface area contributed by atoms with E-state index in [1.165, 1.54) is 5.56 Å². The molecule has 1 aliphatic carbocycles. The van der Waals surface area contributed by atoms with Crippen molar-refractivity contribution < 1.29 is 9.59 Å². The van der Waals surface area contributed by atoms with Gasteiger partial charge in [0.25, 0.3) is 0 Å². The summed E-state index contributed by atoms with van der Waals surface area (Å²) in [6.45, 7) is 1.93. The Bertz CT molecular complexity index is 467. The predicted molar refractivity (Wildman–Crippen MR) is 82.8 cm³/mol. The number of hydrogen-bond acceptors (Lipinski definition) is 2. The molecule has 1 fully saturated rings. The van der Waals surface area contributed by atoms with Crippen molar-refractivity contribution >= 4 is 11.8 Å². The van der Waals surface area contributed by atoms with E-state index >= 15 is 0 Å². The van der Waals surface area contributed by atoms with Crippen LogP contribution in [0.4, 0.5) is 0 Å². The largest absolute Gasteiger partial charge is 0.345 e. The smallest absolute Gasteiger partial charge is 0.309 e. The molecule has 4 nitrogen and oxygen atoms in total. The van der Waals surface area contributed by atoms with Crippen LogP contribution in [0.2, 0.25) is 0 Å². The van der Waals surface area contributed by atoms with Crippen LogP contribution in [-0.2, 0) is 16.0 Å². The molecule has 0 spiro atoms. The van der Waals surface area contributed by atoms with Crippen LogP contribution in [-0.4, -0.2) is 23.9 Å². The number of amides is 2. The number of carbonyl (C=O) groups is 2. The fourth-order valence-corrected chi connectivity index (χ4v) is 2.71. The van der Waals surface area contributed by atoms with Crippen LogP contribution < -0.4 is 10.6 Å². The van der Waals surface area contributed by atoms with Crippen LogP contribution in [0.5, 0.6) is 0 Å². The zero-order chi connectivity index (χ0) is 15.1. The van der Waals surface area contributed by atoms with E-state index in [-0.39, 0.29) is 12.1 Å². The van der Waals surface area contributed by atoms with Gasteiger partial charge in [-0.2, -0.15) is 0 Å². The molecular weight excluding hydrogens is 264 g/mol. The first-order valence-electron chi connectivity index (χ1n) is 7.80. The lowest BCUT2D eigenvalue weighted by Gasteiger charge is -2.15. The molecular formula is C17H24N2O2. The van der Waals surface area contributed by atoms with Gasteiger partial charge >= 0.3 is 11.8 Å². The minimum Gasteiger partial charge on any atom is -0.345 e. The number of hydrogen-bond donors (Lipinski definition) is 2. The Morgan fingerprint density at radius 2 is 1.81 bits per heavy atom. The molecule has 1 aliphatic rings. The molecule has 2 N–H and O–H groups in total. The Labute approximate surface area is 126 Å². The van der Waals surface area contributed by atoms with Gasteiger partial charge in [0, 0.05) is 12.1 Å². The topological polar surface area (TPSA) is 58.2 Å². The molecule has 1 aromatic carbocycles. The summed E-state index contributed by atoms with van der Waals surface area (Å²) in [5.41, 5.74) is 1.24. The molecule has 1 unspecified atom stereocenters. The minimum atomic E-state index is -0.512. The zero-order valence-electron chi connectivity index (χ0n) is 12.6. The van der Waals surface area contributed by atoms with Gasteiger partial charge in [-0.25, -0.2) is 0 Å². The van der Waals surface area contributed by atoms with Crippen molar-refractivity contribution in [3.63, 3.8) is 0 Å². The van der Waals surface area contributed by atoms with Crippen LogP contribution in [0.3, 0.4) is 0 Å². The standard InChI is InChI=1S/C17H24N2O2/c1-13(11-12-14-7-3-2-4-8-14)18-16(20)17(21)19-15-9-5-6-10-15/h2-4,7-8,13,15H,5-6,9-12H2,1H3,(H,18,20)(H,19,21). The van der Waals surface area contributed by atoms with Gasteiger partial charge in [-0.1, -0.05) is 43.2 Å². The van der Waals surface area contributed by atoms with Crippen LogP contribution in [0.1, 0.15) is 44.6 Å². The Kier molecular flexibility index (Phi) is 5.78. The van der Waals surface area contributed by atoms with Crippen LogP contribution in [0.15, 0.2) is 30.3 Å². The zero-order valence-corrected chi connectivity index (χ0v) is 12.6. The van der Waals surface area contributed by atoms with Crippen molar-refractivity contribution in [3.05, 3.63) is 35.9 Å². The van der Waals surface area contributed by atoms with E-state index in [1.807, 2.05) is 25.1 Å². The summed E-state index contributed by atoms with van der Waals surface area (Å²) in [5, 5.41) is 5.58. The highest BCUT2D eigenvalue weighted by molar-refractivity contribution is 6.35. The molecule has 4 heteroatoms. The second-order valence-corrected chi connectivity index (χ2v) is 5.85. The minimum absolute atomic E-state index is 0.00738. The summed E-state index contributed by atoms with van der Waals surface area (Å²) in [4.78, 5) is 23.6. The summed E-state index contributed by atoms with van der Waals surface area (Å²) >= 11 is 0. The van der Waals surface area contributed by atoms with E-state index in [1.54, 1.807) is 0 Å². The quantitative estimate of drug-likeness (QED) is 0.816. The van der Waals surface area contributed by atoms with Gasteiger partial charge in [-0.05, 0) is 38.2 Å². The van der Waals surface area contributed by atoms with Gasteiger partial charge in [0.15, 0.2) is 0 Å². The molecule has 21 heavy (non-hydrogen) atoms. The molecule has 1 aromatic rings. The highest BCUT2D eigenvalue weighted by Gasteiger charge is 2.22. The lowest BCUT2D eigenvalue weighted by molar-refractivity contribution is -0.140. The van der Waals surface area contributed by atoms with Crippen molar-refractivity contribution in [3.8, 4) is 0 Å². The Hall–Kier alpha value is -1.84. The SMILES string of the molecule is CC(CCc1ccccc1)NC(=O)C(=O)NC1CCCC1. The molecule has 114 valence electrons. The average Bonchev–Trinajstić information content (AvgIpc) is 2.99. The lowest BCUT2D eigenvalue weighted by atomic mass is 10.1. The Morgan fingerprint density at radius 3 is 2.48 bits per heavy atom. The first kappa shape index (κ1) is 15.5. The highest BCUT2D eigenvalue weighted by Crippen LogP contribution is 2.17. The van der Waals surface area contributed by atoms with Gasteiger partial charge in [0.1, 0.15) is 0 Å². The van der Waals surface area contributed by atoms with Gasteiger partial charge < -0.3 is 10.6 Å². The van der Waals surface area contributed by atoms with Gasteiger partial charge in [-0.3, -0.25) is 9.59 Å². The molecule has 0 aliphatic heterocycles. The Balaban J connectivity index is 1.69. The van der Waals surface area contributed by atoms with Gasteiger partial charge in [-0.15, -0.1) is 0 Å². The van der Waals surface area contributed by atoms with Crippen molar-refractivity contribution in [1.82, 2.24) is 10.6 Å². The second kappa shape index (κ2) is 7.81. The van der Waals surface area contributed by atoms with Gasteiger partial charge in [0.2, 0.25) is 0 Å². The fraction of sp³-hybridized carbons (Fsp3) is 0.529. The third-order valence-corrected chi connectivity index (χ3v) is 3.98.